The molecular formula is C29H32N2O3. The number of benzene rings is 3. The SMILES string of the molecule is O=C(NC[C@H]1CCCO1)[C@@H](c1ccccc1)N(Cc1ccccc1)C(=O)CCc1ccccc1. The fraction of sp³-hybridized carbons (Fsp3) is 0.310. The summed E-state index contributed by atoms with van der Waals surface area (Å²) in [6.45, 7) is 1.56. The van der Waals surface area contributed by atoms with Crippen LogP contribution in [0.3, 0.4) is 0 Å². The van der Waals surface area contributed by atoms with Gasteiger partial charge in [0.1, 0.15) is 6.04 Å². The number of hydrogen-bond donors (Lipinski definition) is 1. The molecular weight excluding hydrogens is 424 g/mol. The summed E-state index contributed by atoms with van der Waals surface area (Å²) in [5.74, 6) is -0.223. The van der Waals surface area contributed by atoms with Crippen LogP contribution < -0.4 is 5.32 Å². The Balaban J connectivity index is 1.58. The molecule has 0 saturated carbocycles. The average molecular weight is 457 g/mol. The smallest absolute Gasteiger partial charge is 0.247 e. The molecule has 0 radical (unpaired) electrons. The van der Waals surface area contributed by atoms with Gasteiger partial charge in [-0.15, -0.1) is 0 Å². The Bertz CT molecular complexity index is 1030. The molecule has 0 aromatic heterocycles. The lowest BCUT2D eigenvalue weighted by molar-refractivity contribution is -0.141. The predicted octanol–water partition coefficient (Wildman–Crippen LogP) is 4.68. The molecule has 1 aliphatic heterocycles. The van der Waals surface area contributed by atoms with E-state index < -0.39 is 6.04 Å². The van der Waals surface area contributed by atoms with Crippen molar-refractivity contribution in [2.45, 2.75) is 44.4 Å². The molecule has 0 bridgehead atoms. The van der Waals surface area contributed by atoms with Gasteiger partial charge in [-0.1, -0.05) is 91.0 Å². The quantitative estimate of drug-likeness (QED) is 0.482. The second kappa shape index (κ2) is 12.1. The molecule has 3 aromatic carbocycles. The molecule has 0 aliphatic carbocycles. The van der Waals surface area contributed by atoms with Crippen molar-refractivity contribution in [1.29, 1.82) is 0 Å². The lowest BCUT2D eigenvalue weighted by Crippen LogP contribution is -2.45. The van der Waals surface area contributed by atoms with Crippen LogP contribution in [-0.2, 0) is 27.3 Å². The molecule has 0 spiro atoms. The number of hydrogen-bond acceptors (Lipinski definition) is 3. The Labute approximate surface area is 201 Å². The Morgan fingerprint density at radius 3 is 2.12 bits per heavy atom. The van der Waals surface area contributed by atoms with Gasteiger partial charge in [0, 0.05) is 26.1 Å². The van der Waals surface area contributed by atoms with Crippen LogP contribution in [0.4, 0.5) is 0 Å². The Hall–Kier alpha value is -3.44. The topological polar surface area (TPSA) is 58.6 Å². The van der Waals surface area contributed by atoms with Crippen LogP contribution in [0, 0.1) is 0 Å². The number of carbonyl (C=O) groups excluding carboxylic acids is 2. The number of aryl methyl sites for hydroxylation is 1. The first-order valence-corrected chi connectivity index (χ1v) is 12.0. The molecule has 1 heterocycles. The van der Waals surface area contributed by atoms with Crippen LogP contribution in [0.5, 0.6) is 0 Å². The Morgan fingerprint density at radius 2 is 1.50 bits per heavy atom. The van der Waals surface area contributed by atoms with Crippen LogP contribution in [0.1, 0.15) is 42.0 Å². The lowest BCUT2D eigenvalue weighted by atomic mass is 10.0. The summed E-state index contributed by atoms with van der Waals surface area (Å²) in [6, 6.07) is 28.7. The predicted molar refractivity (Wildman–Crippen MR) is 133 cm³/mol. The third-order valence-corrected chi connectivity index (χ3v) is 6.19. The van der Waals surface area contributed by atoms with Crippen LogP contribution >= 0.6 is 0 Å². The van der Waals surface area contributed by atoms with Crippen molar-refractivity contribution in [2.24, 2.45) is 0 Å². The molecule has 1 aliphatic rings. The third kappa shape index (κ3) is 6.55. The first-order chi connectivity index (χ1) is 16.7. The van der Waals surface area contributed by atoms with Crippen LogP contribution in [0.15, 0.2) is 91.0 Å². The molecule has 34 heavy (non-hydrogen) atoms. The number of nitrogens with one attached hydrogen (secondary N) is 1. The van der Waals surface area contributed by atoms with Gasteiger partial charge < -0.3 is 15.0 Å². The molecule has 2 atom stereocenters. The highest BCUT2D eigenvalue weighted by atomic mass is 16.5. The maximum atomic E-state index is 13.6. The van der Waals surface area contributed by atoms with Gasteiger partial charge in [-0.2, -0.15) is 0 Å². The standard InChI is InChI=1S/C29H32N2O3/c32-27(19-18-23-11-4-1-5-12-23)31(22-24-13-6-2-7-14-24)28(25-15-8-3-9-16-25)29(33)30-21-26-17-10-20-34-26/h1-9,11-16,26,28H,10,17-22H2,(H,30,33)/t26-,28-/m1/s1. The van der Waals surface area contributed by atoms with E-state index in [1.165, 1.54) is 0 Å². The Kier molecular flexibility index (Phi) is 8.47. The highest BCUT2D eigenvalue weighted by Gasteiger charge is 2.32. The second-order valence-corrected chi connectivity index (χ2v) is 8.69. The van der Waals surface area contributed by atoms with Gasteiger partial charge in [-0.3, -0.25) is 9.59 Å². The van der Waals surface area contributed by atoms with E-state index in [0.29, 0.717) is 25.9 Å². The van der Waals surface area contributed by atoms with E-state index in [1.807, 2.05) is 91.0 Å². The van der Waals surface area contributed by atoms with Crippen molar-refractivity contribution >= 4 is 11.8 Å². The molecule has 1 N–H and O–H groups in total. The summed E-state index contributed by atoms with van der Waals surface area (Å²) in [6.07, 6.45) is 2.96. The highest BCUT2D eigenvalue weighted by molar-refractivity contribution is 5.88. The van der Waals surface area contributed by atoms with Crippen molar-refractivity contribution in [2.75, 3.05) is 13.2 Å². The maximum Gasteiger partial charge on any atom is 0.247 e. The van der Waals surface area contributed by atoms with Gasteiger partial charge in [0.05, 0.1) is 6.10 Å². The molecule has 0 unspecified atom stereocenters. The van der Waals surface area contributed by atoms with Gasteiger partial charge in [-0.25, -0.2) is 0 Å². The fourth-order valence-corrected chi connectivity index (χ4v) is 4.37. The number of ether oxygens (including phenoxy) is 1. The first-order valence-electron chi connectivity index (χ1n) is 12.0. The van der Waals surface area contributed by atoms with Gasteiger partial charge in [0.15, 0.2) is 0 Å². The molecule has 1 fully saturated rings. The molecule has 3 aromatic rings. The van der Waals surface area contributed by atoms with Gasteiger partial charge in [0.25, 0.3) is 0 Å². The Morgan fingerprint density at radius 1 is 0.882 bits per heavy atom. The molecule has 4 rings (SSSR count). The van der Waals surface area contributed by atoms with Crippen LogP contribution in [0.2, 0.25) is 0 Å². The highest BCUT2D eigenvalue weighted by Crippen LogP contribution is 2.25. The largest absolute Gasteiger partial charge is 0.376 e. The lowest BCUT2D eigenvalue weighted by Gasteiger charge is -2.32. The summed E-state index contributed by atoms with van der Waals surface area (Å²) in [5.41, 5.74) is 2.90. The van der Waals surface area contributed by atoms with E-state index in [-0.39, 0.29) is 17.9 Å². The van der Waals surface area contributed by atoms with Crippen molar-refractivity contribution < 1.29 is 14.3 Å². The summed E-state index contributed by atoms with van der Waals surface area (Å²) in [5, 5.41) is 3.06. The monoisotopic (exact) mass is 456 g/mol. The number of nitrogens with zero attached hydrogens (tertiary/aromatic N) is 1. The molecule has 2 amide bonds. The zero-order valence-corrected chi connectivity index (χ0v) is 19.4. The maximum absolute atomic E-state index is 13.6. The second-order valence-electron chi connectivity index (χ2n) is 8.69. The van der Waals surface area contributed by atoms with E-state index in [9.17, 15) is 9.59 Å². The average Bonchev–Trinajstić information content (AvgIpc) is 3.41. The van der Waals surface area contributed by atoms with Gasteiger partial charge in [-0.05, 0) is 36.0 Å². The number of rotatable bonds is 10. The molecule has 1 saturated heterocycles. The van der Waals surface area contributed by atoms with Gasteiger partial charge in [0.2, 0.25) is 11.8 Å². The van der Waals surface area contributed by atoms with Crippen molar-refractivity contribution in [3.63, 3.8) is 0 Å². The normalized spacial score (nSPS) is 16.1. The van der Waals surface area contributed by atoms with E-state index in [0.717, 1.165) is 36.1 Å². The third-order valence-electron chi connectivity index (χ3n) is 6.19. The van der Waals surface area contributed by atoms with Crippen LogP contribution in [-0.4, -0.2) is 36.0 Å². The molecule has 5 nitrogen and oxygen atoms in total. The summed E-state index contributed by atoms with van der Waals surface area (Å²) in [4.78, 5) is 28.9. The molecule has 176 valence electrons. The summed E-state index contributed by atoms with van der Waals surface area (Å²) < 4.78 is 5.68. The fourth-order valence-electron chi connectivity index (χ4n) is 4.37. The molecule has 5 heteroatoms. The van der Waals surface area contributed by atoms with Crippen molar-refractivity contribution in [3.05, 3.63) is 108 Å². The zero-order chi connectivity index (χ0) is 23.6. The minimum Gasteiger partial charge on any atom is -0.376 e. The van der Waals surface area contributed by atoms with E-state index in [2.05, 4.69) is 5.32 Å². The zero-order valence-electron chi connectivity index (χ0n) is 19.4. The number of amides is 2. The van der Waals surface area contributed by atoms with Crippen molar-refractivity contribution in [1.82, 2.24) is 10.2 Å². The van der Waals surface area contributed by atoms with E-state index >= 15 is 0 Å². The minimum atomic E-state index is -0.717. The summed E-state index contributed by atoms with van der Waals surface area (Å²) in [7, 11) is 0. The minimum absolute atomic E-state index is 0.0386. The van der Waals surface area contributed by atoms with Crippen LogP contribution in [0.25, 0.3) is 0 Å². The summed E-state index contributed by atoms with van der Waals surface area (Å²) >= 11 is 0. The van der Waals surface area contributed by atoms with E-state index in [1.54, 1.807) is 4.90 Å². The van der Waals surface area contributed by atoms with Gasteiger partial charge >= 0.3 is 0 Å². The van der Waals surface area contributed by atoms with Crippen molar-refractivity contribution in [3.8, 4) is 0 Å². The number of carbonyl (C=O) groups is 2. The van der Waals surface area contributed by atoms with E-state index in [4.69, 9.17) is 4.74 Å². The first kappa shape index (κ1) is 23.7.